The molecule has 1 N–H and O–H groups in total. The highest BCUT2D eigenvalue weighted by Gasteiger charge is 2.53. The van der Waals surface area contributed by atoms with Crippen LogP contribution in [-0.4, -0.2) is 119 Å². The van der Waals surface area contributed by atoms with E-state index in [1.54, 1.807) is 12.1 Å². The van der Waals surface area contributed by atoms with E-state index in [0.717, 1.165) is 63.1 Å². The summed E-state index contributed by atoms with van der Waals surface area (Å²) in [5, 5.41) is 2.75. The number of carbonyl (C=O) groups is 4. The van der Waals surface area contributed by atoms with Crippen LogP contribution in [0.15, 0.2) is 85.4 Å². The third kappa shape index (κ3) is 16.8. The molecular formula is C57H83N5O6. The van der Waals surface area contributed by atoms with Crippen LogP contribution in [0.2, 0.25) is 0 Å². The van der Waals surface area contributed by atoms with Gasteiger partial charge in [-0.2, -0.15) is 0 Å². The summed E-state index contributed by atoms with van der Waals surface area (Å²) in [6, 6.07) is 13.2. The van der Waals surface area contributed by atoms with Crippen LogP contribution in [0.25, 0.3) is 16.7 Å². The smallest absolute Gasteiger partial charge is 0.254 e. The topological polar surface area (TPSA) is 121 Å². The van der Waals surface area contributed by atoms with Gasteiger partial charge in [0.05, 0.1) is 24.3 Å². The number of amides is 1. The monoisotopic (exact) mass is 934 g/mol. The number of nitrogens with zero attached hydrogens (tertiary/aromatic N) is 4. The Morgan fingerprint density at radius 3 is 2.28 bits per heavy atom. The number of hydrogen-bond donors (Lipinski definition) is 1. The van der Waals surface area contributed by atoms with Gasteiger partial charge in [0.2, 0.25) is 0 Å². The Morgan fingerprint density at radius 2 is 1.69 bits per heavy atom. The molecule has 372 valence electrons. The first-order valence-corrected chi connectivity index (χ1v) is 24.9. The summed E-state index contributed by atoms with van der Waals surface area (Å²) < 4.78 is 12.1. The standard InChI is InChI=1S/C35H48N2O2.C18H22N2O4.C2H7N.C2H6/c1-7-26(3)10-9-18-38-19-17-37-24-35(25-37)21-32(22-35)39-29(6)11-12-30(8-2)31-13-14-33(28(5)20-31)34-23-36-16-15-27(34)4;1-13-9-20(10-13)15-5-6-17(14(8-15)11-22)18(24)19(2)16(12-23)4-3-7-21;1-3-2;1-2/h8,11-16,20,23,26,32H,6-7,9-10,17-19,21-22,24-25H2,1-5H3;5-8,11-13,16H,3-4,9-10H2,1-2H3;3H,1-2H3;1-2H3/b12-11-,30-8+;;;. The van der Waals surface area contributed by atoms with E-state index in [0.29, 0.717) is 41.9 Å². The highest BCUT2D eigenvalue weighted by atomic mass is 16.5. The molecular weight excluding hydrogens is 851 g/mol. The summed E-state index contributed by atoms with van der Waals surface area (Å²) >= 11 is 0. The maximum absolute atomic E-state index is 12.6. The SMILES string of the molecule is C=C(/C=C\C(=C/C)c1ccc(-c2cnccc2C)c(C)c1)OC1CC2(C1)CN(CCOCCCC(C)CC)C2.CC.CC1CN(c2ccc(C(=O)N(C)C(C=O)CCC=O)c(C=O)c2)C1.CNC. The maximum atomic E-state index is 12.6. The Labute approximate surface area is 409 Å². The summed E-state index contributed by atoms with van der Waals surface area (Å²) in [5.74, 6) is 1.79. The molecule has 1 amide bonds. The van der Waals surface area contributed by atoms with Crippen molar-refractivity contribution < 1.29 is 28.7 Å². The van der Waals surface area contributed by atoms with Gasteiger partial charge in [0.25, 0.3) is 5.91 Å². The van der Waals surface area contributed by atoms with Gasteiger partial charge in [0.1, 0.15) is 18.3 Å². The predicted octanol–water partition coefficient (Wildman–Crippen LogP) is 10.6. The number of aldehydes is 3. The van der Waals surface area contributed by atoms with Crippen molar-refractivity contribution in [1.29, 1.82) is 0 Å². The molecule has 68 heavy (non-hydrogen) atoms. The van der Waals surface area contributed by atoms with Crippen LogP contribution in [0.3, 0.4) is 0 Å². The first-order valence-electron chi connectivity index (χ1n) is 24.9. The Kier molecular flexibility index (Phi) is 24.9. The molecule has 0 bridgehead atoms. The van der Waals surface area contributed by atoms with Crippen molar-refractivity contribution in [2.45, 2.75) is 112 Å². The number of anilines is 1. The minimum atomic E-state index is -0.682. The molecule has 2 unspecified atom stereocenters. The number of pyridine rings is 1. The predicted molar refractivity (Wildman–Crippen MR) is 280 cm³/mol. The molecule has 2 atom stereocenters. The lowest BCUT2D eigenvalue weighted by molar-refractivity contribution is -0.138. The van der Waals surface area contributed by atoms with Crippen LogP contribution in [0.4, 0.5) is 5.69 Å². The number of likely N-dealkylation sites (tertiary alicyclic amines) is 1. The summed E-state index contributed by atoms with van der Waals surface area (Å²) in [5.41, 5.74) is 9.22. The molecule has 0 radical (unpaired) electrons. The Hall–Kier alpha value is -5.23. The van der Waals surface area contributed by atoms with Crippen LogP contribution < -0.4 is 10.2 Å². The van der Waals surface area contributed by atoms with Crippen molar-refractivity contribution in [3.8, 4) is 11.1 Å². The van der Waals surface area contributed by atoms with Gasteiger partial charge in [-0.3, -0.25) is 19.5 Å². The lowest BCUT2D eigenvalue weighted by Crippen LogP contribution is -2.64. The fraction of sp³-hybridized carbons (Fsp3) is 0.526. The van der Waals surface area contributed by atoms with Gasteiger partial charge in [0.15, 0.2) is 6.29 Å². The van der Waals surface area contributed by atoms with Gasteiger partial charge in [-0.05, 0) is 137 Å². The van der Waals surface area contributed by atoms with Crippen LogP contribution in [0.5, 0.6) is 0 Å². The van der Waals surface area contributed by atoms with Crippen LogP contribution in [0, 0.1) is 31.1 Å². The van der Waals surface area contributed by atoms with E-state index in [9.17, 15) is 19.2 Å². The van der Waals surface area contributed by atoms with E-state index in [2.05, 4.69) is 105 Å². The lowest BCUT2D eigenvalue weighted by Gasteiger charge is -2.58. The summed E-state index contributed by atoms with van der Waals surface area (Å²) in [4.78, 5) is 55.9. The molecule has 2 aromatic carbocycles. The molecule has 6 rings (SSSR count). The van der Waals surface area contributed by atoms with E-state index in [1.807, 2.05) is 52.5 Å². The van der Waals surface area contributed by atoms with Crippen LogP contribution in [-0.2, 0) is 19.1 Å². The summed E-state index contributed by atoms with van der Waals surface area (Å²) in [6.45, 7) is 28.3. The second-order valence-corrected chi connectivity index (χ2v) is 18.7. The molecule has 1 spiro atoms. The maximum Gasteiger partial charge on any atom is 0.254 e. The zero-order chi connectivity index (χ0) is 50.2. The van der Waals surface area contributed by atoms with Crippen molar-refractivity contribution in [2.75, 3.05) is 72.0 Å². The first kappa shape index (κ1) is 57.1. The molecule has 11 heteroatoms. The summed E-state index contributed by atoms with van der Waals surface area (Å²) in [7, 11) is 5.26. The molecule has 2 aliphatic heterocycles. The highest BCUT2D eigenvalue weighted by molar-refractivity contribution is 6.03. The number of carbonyl (C=O) groups excluding carboxylic acids is 4. The first-order chi connectivity index (χ1) is 32.7. The normalized spacial score (nSPS) is 16.2. The third-order valence-electron chi connectivity index (χ3n) is 13.0. The molecule has 1 saturated carbocycles. The van der Waals surface area contributed by atoms with E-state index >= 15 is 0 Å². The Bertz CT molecular complexity index is 2110. The zero-order valence-electron chi connectivity index (χ0n) is 43.3. The number of allylic oxidation sites excluding steroid dienone is 4. The number of benzene rings is 2. The molecule has 1 aromatic heterocycles. The minimum Gasteiger partial charge on any atom is -0.491 e. The van der Waals surface area contributed by atoms with Crippen molar-refractivity contribution in [3.63, 3.8) is 0 Å². The fourth-order valence-electron chi connectivity index (χ4n) is 8.91. The Balaban J connectivity index is 0.000000361. The number of nitrogens with one attached hydrogen (secondary N) is 1. The second kappa shape index (κ2) is 29.6. The van der Waals surface area contributed by atoms with E-state index in [4.69, 9.17) is 9.47 Å². The third-order valence-corrected chi connectivity index (χ3v) is 13.0. The van der Waals surface area contributed by atoms with Crippen molar-refractivity contribution in [3.05, 3.63) is 113 Å². The minimum absolute atomic E-state index is 0.202. The van der Waals surface area contributed by atoms with Gasteiger partial charge in [-0.1, -0.05) is 78.0 Å². The van der Waals surface area contributed by atoms with Crippen molar-refractivity contribution in [1.82, 2.24) is 20.1 Å². The highest BCUT2D eigenvalue weighted by Crippen LogP contribution is 2.50. The van der Waals surface area contributed by atoms with Crippen LogP contribution in [0.1, 0.15) is 124 Å². The molecule has 11 nitrogen and oxygen atoms in total. The van der Waals surface area contributed by atoms with Crippen molar-refractivity contribution in [2.24, 2.45) is 17.3 Å². The quantitative estimate of drug-likeness (QED) is 0.0451. The average Bonchev–Trinajstić information content (AvgIpc) is 3.31. The number of likely N-dealkylation sites (N-methyl/N-ethyl adjacent to an activating group) is 1. The second-order valence-electron chi connectivity index (χ2n) is 18.7. The molecule has 3 heterocycles. The van der Waals surface area contributed by atoms with Crippen molar-refractivity contribution >= 4 is 36.0 Å². The fourth-order valence-corrected chi connectivity index (χ4v) is 8.91. The number of hydrogen-bond acceptors (Lipinski definition) is 10. The van der Waals surface area contributed by atoms with Crippen LogP contribution >= 0.6 is 0 Å². The zero-order valence-corrected chi connectivity index (χ0v) is 43.3. The molecule has 1 aliphatic carbocycles. The van der Waals surface area contributed by atoms with Gasteiger partial charge >= 0.3 is 0 Å². The van der Waals surface area contributed by atoms with E-state index in [1.165, 1.54) is 77.7 Å². The Morgan fingerprint density at radius 1 is 0.985 bits per heavy atom. The molecule has 2 saturated heterocycles. The number of aromatic nitrogens is 1. The van der Waals surface area contributed by atoms with E-state index in [-0.39, 0.29) is 18.4 Å². The number of aryl methyl sites for hydroxylation is 2. The van der Waals surface area contributed by atoms with Gasteiger partial charge in [-0.15, -0.1) is 0 Å². The lowest BCUT2D eigenvalue weighted by atomic mass is 9.62. The summed E-state index contributed by atoms with van der Waals surface area (Å²) in [6.07, 6.45) is 18.9. The average molecular weight is 934 g/mol. The largest absolute Gasteiger partial charge is 0.491 e. The molecule has 3 aromatic rings. The number of rotatable bonds is 22. The molecule has 3 fully saturated rings. The number of ether oxygens (including phenoxy) is 2. The van der Waals surface area contributed by atoms with E-state index < -0.39 is 11.9 Å². The molecule has 3 aliphatic rings. The van der Waals surface area contributed by atoms with Gasteiger partial charge < -0.3 is 34.2 Å². The van der Waals surface area contributed by atoms with Gasteiger partial charge in [0, 0.05) is 87.4 Å². The van der Waals surface area contributed by atoms with Gasteiger partial charge in [-0.25, -0.2) is 0 Å².